The predicted molar refractivity (Wildman–Crippen MR) is 231 cm³/mol. The molecule has 8 rings (SSSR count). The molecule has 4 heterocycles. The number of likely N-dealkylation sites (N-methyl/N-ethyl adjacent to an activating group) is 2. The summed E-state index contributed by atoms with van der Waals surface area (Å²) in [5, 5.41) is 12.2. The molecule has 13 nitrogen and oxygen atoms in total. The van der Waals surface area contributed by atoms with Crippen LogP contribution in [0.1, 0.15) is 70.8 Å². The number of carbonyl (C=O) groups excluding carboxylic acids is 4. The Bertz CT molecular complexity index is 2410. The van der Waals surface area contributed by atoms with E-state index >= 15 is 8.78 Å². The van der Waals surface area contributed by atoms with Crippen molar-refractivity contribution in [3.63, 3.8) is 0 Å². The lowest BCUT2D eigenvalue weighted by Gasteiger charge is -2.32. The molecular weight excluding hydrogens is 819 g/mol. The van der Waals surface area contributed by atoms with Crippen LogP contribution in [0.2, 0.25) is 0 Å². The molecule has 0 radical (unpaired) electrons. The molecule has 17 heteroatoms. The molecule has 338 valence electrons. The Morgan fingerprint density at radius 3 is 2.16 bits per heavy atom. The van der Waals surface area contributed by atoms with Gasteiger partial charge in [0.1, 0.15) is 36.1 Å². The Kier molecular flexibility index (Phi) is 13.0. The number of hydrogen-bond acceptors (Lipinski definition) is 7. The summed E-state index contributed by atoms with van der Waals surface area (Å²) in [6, 6.07) is 4.12. The highest BCUT2D eigenvalue weighted by molar-refractivity contribution is 5.94. The van der Waals surface area contributed by atoms with E-state index in [0.29, 0.717) is 39.9 Å². The maximum absolute atomic E-state index is 15.7. The van der Waals surface area contributed by atoms with E-state index in [4.69, 9.17) is 4.98 Å². The van der Waals surface area contributed by atoms with Gasteiger partial charge in [-0.1, -0.05) is 6.08 Å². The van der Waals surface area contributed by atoms with E-state index in [1.807, 2.05) is 6.08 Å². The van der Waals surface area contributed by atoms with Crippen LogP contribution in [0.3, 0.4) is 0 Å². The number of benzene rings is 2. The number of hydrogen-bond donors (Lipinski definition) is 5. The molecule has 2 aromatic heterocycles. The fourth-order valence-electron chi connectivity index (χ4n) is 9.58. The van der Waals surface area contributed by atoms with E-state index in [2.05, 4.69) is 26.3 Å². The largest absolute Gasteiger partial charge is 0.352 e. The molecular formula is C46H57F4N9O4. The van der Waals surface area contributed by atoms with Gasteiger partial charge in [0.25, 0.3) is 0 Å². The maximum Gasteiger partial charge on any atom is 0.249 e. The summed E-state index contributed by atoms with van der Waals surface area (Å²) in [5.74, 6) is -2.28. The van der Waals surface area contributed by atoms with Crippen LogP contribution in [-0.2, 0) is 32.1 Å². The van der Waals surface area contributed by atoms with Crippen LogP contribution in [0, 0.1) is 17.6 Å². The number of nitrogens with zero attached hydrogens (tertiary/aromatic N) is 4. The lowest BCUT2D eigenvalue weighted by Crippen LogP contribution is -2.54. The van der Waals surface area contributed by atoms with Crippen molar-refractivity contribution in [3.8, 4) is 11.5 Å². The van der Waals surface area contributed by atoms with Crippen molar-refractivity contribution in [2.45, 2.75) is 127 Å². The first-order valence-corrected chi connectivity index (χ1v) is 22.2. The smallest absolute Gasteiger partial charge is 0.249 e. The zero-order valence-corrected chi connectivity index (χ0v) is 36.2. The second-order valence-corrected chi connectivity index (χ2v) is 17.8. The average molecular weight is 876 g/mol. The van der Waals surface area contributed by atoms with Gasteiger partial charge in [0.15, 0.2) is 5.82 Å². The Morgan fingerprint density at radius 2 is 1.49 bits per heavy atom. The normalized spacial score (nSPS) is 23.5. The Hall–Kier alpha value is -5.29. The van der Waals surface area contributed by atoms with Gasteiger partial charge in [0.2, 0.25) is 23.6 Å². The topological polar surface area (TPSA) is 156 Å². The lowest BCUT2D eigenvalue weighted by atomic mass is 9.92. The van der Waals surface area contributed by atoms with Crippen LogP contribution in [-0.4, -0.2) is 124 Å². The summed E-state index contributed by atoms with van der Waals surface area (Å²) in [5.41, 5.74) is 3.02. The van der Waals surface area contributed by atoms with Gasteiger partial charge in [-0.2, -0.15) is 0 Å². The number of H-pyrrole nitrogens is 1. The second kappa shape index (κ2) is 18.4. The average Bonchev–Trinajstić information content (AvgIpc) is 3.64. The second-order valence-electron chi connectivity index (χ2n) is 17.8. The fourth-order valence-corrected chi connectivity index (χ4v) is 9.58. The molecule has 2 aromatic carbocycles. The van der Waals surface area contributed by atoms with Crippen molar-refractivity contribution >= 4 is 45.6 Å². The Labute approximate surface area is 363 Å². The van der Waals surface area contributed by atoms with Crippen molar-refractivity contribution in [1.29, 1.82) is 0 Å². The van der Waals surface area contributed by atoms with Gasteiger partial charge in [-0.25, -0.2) is 22.5 Å². The monoisotopic (exact) mass is 875 g/mol. The minimum atomic E-state index is -1.36. The number of carbonyl (C=O) groups is 4. The van der Waals surface area contributed by atoms with Gasteiger partial charge in [-0.05, 0) is 120 Å². The number of alkyl halides is 2. The Morgan fingerprint density at radius 1 is 0.841 bits per heavy atom. The fraction of sp³-hybridized carbons (Fsp3) is 0.543. The molecule has 4 aliphatic rings. The Balaban J connectivity index is 1.17. The number of aromatic nitrogens is 3. The van der Waals surface area contributed by atoms with Gasteiger partial charge < -0.3 is 40.6 Å². The van der Waals surface area contributed by atoms with Crippen LogP contribution < -0.4 is 21.3 Å². The van der Waals surface area contributed by atoms with Crippen LogP contribution in [0.25, 0.3) is 33.5 Å². The van der Waals surface area contributed by atoms with Crippen LogP contribution in [0.15, 0.2) is 48.0 Å². The van der Waals surface area contributed by atoms with Gasteiger partial charge in [-0.15, -0.1) is 0 Å². The first kappa shape index (κ1) is 44.3. The van der Waals surface area contributed by atoms with Crippen molar-refractivity contribution in [2.24, 2.45) is 5.92 Å². The molecule has 2 saturated heterocycles. The molecule has 8 atom stereocenters. The number of fused-ring (bicyclic) bond motifs is 2. The highest BCUT2D eigenvalue weighted by Gasteiger charge is 2.45. The number of halogens is 4. The van der Waals surface area contributed by atoms with E-state index in [1.165, 1.54) is 34.1 Å². The third-order valence-corrected chi connectivity index (χ3v) is 13.5. The highest BCUT2D eigenvalue weighted by Crippen LogP contribution is 2.39. The van der Waals surface area contributed by atoms with Crippen LogP contribution >= 0.6 is 0 Å². The van der Waals surface area contributed by atoms with Crippen molar-refractivity contribution < 1.29 is 36.7 Å². The summed E-state index contributed by atoms with van der Waals surface area (Å²) in [6.45, 7) is 3.08. The first-order valence-electron chi connectivity index (χ1n) is 22.2. The molecule has 1 saturated carbocycles. The minimum Gasteiger partial charge on any atom is -0.352 e. The molecule has 0 bridgehead atoms. The molecule has 2 aliphatic carbocycles. The van der Waals surface area contributed by atoms with E-state index in [-0.39, 0.29) is 68.1 Å². The van der Waals surface area contributed by atoms with Gasteiger partial charge in [-0.3, -0.25) is 19.2 Å². The molecule has 4 aromatic rings. The first-order chi connectivity index (χ1) is 30.2. The summed E-state index contributed by atoms with van der Waals surface area (Å²) >= 11 is 0. The molecule has 3 fully saturated rings. The van der Waals surface area contributed by atoms with Gasteiger partial charge in [0.05, 0.1) is 47.9 Å². The number of rotatable bonds is 15. The number of imidazole rings is 1. The van der Waals surface area contributed by atoms with E-state index in [1.54, 1.807) is 44.6 Å². The lowest BCUT2D eigenvalue weighted by molar-refractivity contribution is -0.138. The number of aromatic amines is 1. The van der Waals surface area contributed by atoms with Crippen molar-refractivity contribution in [3.05, 3.63) is 65.2 Å². The minimum absolute atomic E-state index is 0.00766. The van der Waals surface area contributed by atoms with Crippen molar-refractivity contribution in [1.82, 2.24) is 45.6 Å². The zero-order valence-electron chi connectivity index (χ0n) is 36.2. The molecule has 4 amide bonds. The van der Waals surface area contributed by atoms with Gasteiger partial charge >= 0.3 is 0 Å². The van der Waals surface area contributed by atoms with Gasteiger partial charge in [0, 0.05) is 42.4 Å². The third-order valence-electron chi connectivity index (χ3n) is 13.5. The third kappa shape index (κ3) is 9.22. The maximum atomic E-state index is 15.7. The summed E-state index contributed by atoms with van der Waals surface area (Å²) in [6.07, 6.45) is 4.15. The summed E-state index contributed by atoms with van der Waals surface area (Å²) < 4.78 is 62.8. The number of allylic oxidation sites excluding steroid dienone is 1. The molecule has 5 N–H and O–H groups in total. The number of nitrogens with one attached hydrogen (secondary N) is 5. The zero-order chi connectivity index (χ0) is 44.7. The number of amides is 4. The molecule has 0 spiro atoms. The molecule has 2 aliphatic heterocycles. The summed E-state index contributed by atoms with van der Waals surface area (Å²) in [4.78, 5) is 66.4. The van der Waals surface area contributed by atoms with Crippen LogP contribution in [0.4, 0.5) is 17.6 Å². The van der Waals surface area contributed by atoms with Crippen molar-refractivity contribution in [2.75, 3.05) is 27.2 Å². The standard InChI is InChI=1S/C46H57F4N9O4/c1-24(51-3)43(60)55-39(26-8-6-5-7-9-26)46(63)58-22-31(50)17-33(58)23-59-38-15-13-29(48)19-37(38)54-42(59)41-35(34-14-12-28(47)18-36(34)53-41)20-32-16-30(49)21-57(32)45(62)40(27-10-11-27)56-44(61)25(2)52-4/h8,12-15,18-19,24-25,27,30-33,39-40,51-53H,5-7,9-11,16-17,20-23H2,1-4H3,(H,55,60)(H,56,61)/t24-,25-,30-,31-,32-,33-,39-,40-/m0/s1. The predicted octanol–water partition coefficient (Wildman–Crippen LogP) is 4.98. The highest BCUT2D eigenvalue weighted by atomic mass is 19.1. The molecule has 0 unspecified atom stereocenters. The quantitative estimate of drug-likeness (QED) is 0.0834. The van der Waals surface area contributed by atoms with E-state index in [0.717, 1.165) is 37.7 Å². The SMILES string of the molecule is CN[C@@H](C)C(=O)N[C@H](C(=O)N1C[C@@H](F)C[C@H]1Cn1c(-c2[nH]c3cc(F)ccc3c2C[C@@H]2C[C@H](F)CN2C(=O)[C@@H](NC(=O)[C@H](C)NC)C2CC2)nc2cc(F)ccc21)C1=CCCCC1. The number of likely N-dealkylation sites (tertiary alicyclic amines) is 2. The van der Waals surface area contributed by atoms with E-state index in [9.17, 15) is 28.0 Å². The summed E-state index contributed by atoms with van der Waals surface area (Å²) in [7, 11) is 3.30. The molecule has 63 heavy (non-hydrogen) atoms. The van der Waals surface area contributed by atoms with Crippen LogP contribution in [0.5, 0.6) is 0 Å². The van der Waals surface area contributed by atoms with E-state index < -0.39 is 66.1 Å².